The fourth-order valence-electron chi connectivity index (χ4n) is 9.65. The Labute approximate surface area is 322 Å². The van der Waals surface area contributed by atoms with E-state index in [4.69, 9.17) is 0 Å². The summed E-state index contributed by atoms with van der Waals surface area (Å²) in [6.45, 7) is 4.75. The second-order valence-electron chi connectivity index (χ2n) is 15.6. The lowest BCUT2D eigenvalue weighted by atomic mass is 9.81. The van der Waals surface area contributed by atoms with Crippen molar-refractivity contribution in [2.24, 2.45) is 0 Å². The third kappa shape index (κ3) is 4.78. The van der Waals surface area contributed by atoms with Crippen molar-refractivity contribution in [3.05, 3.63) is 205 Å². The first-order valence-corrected chi connectivity index (χ1v) is 19.4. The SMILES string of the molecule is CC1(C)c2cccc(-c3ccc(-c4c5ccccc5c(-c5ccc(-c6cccc7ccccc67)cc5)c5ccccc45)cc3)c2-c2c1ccc1ccccc21. The molecule has 0 saturated carbocycles. The van der Waals surface area contributed by atoms with E-state index < -0.39 is 0 Å². The van der Waals surface area contributed by atoms with Gasteiger partial charge in [-0.1, -0.05) is 208 Å². The van der Waals surface area contributed by atoms with E-state index in [1.54, 1.807) is 0 Å². The van der Waals surface area contributed by atoms with E-state index in [0.717, 1.165) is 0 Å². The fraction of sp³-hybridized carbons (Fsp3) is 0.0545. The quantitative estimate of drug-likeness (QED) is 0.161. The van der Waals surface area contributed by atoms with Gasteiger partial charge in [-0.3, -0.25) is 0 Å². The summed E-state index contributed by atoms with van der Waals surface area (Å²) < 4.78 is 0. The van der Waals surface area contributed by atoms with Crippen molar-refractivity contribution in [1.29, 1.82) is 0 Å². The van der Waals surface area contributed by atoms with Gasteiger partial charge in [-0.05, 0) is 110 Å². The lowest BCUT2D eigenvalue weighted by molar-refractivity contribution is 0.661. The number of fused-ring (bicyclic) bond motifs is 8. The molecule has 10 aromatic carbocycles. The van der Waals surface area contributed by atoms with Crippen LogP contribution in [0.15, 0.2) is 194 Å². The second kappa shape index (κ2) is 12.1. The smallest absolute Gasteiger partial charge is 0.0159 e. The first-order valence-electron chi connectivity index (χ1n) is 19.4. The summed E-state index contributed by atoms with van der Waals surface area (Å²) in [5.41, 5.74) is 15.6. The zero-order valence-corrected chi connectivity index (χ0v) is 31.0. The molecule has 0 N–H and O–H groups in total. The van der Waals surface area contributed by atoms with Crippen molar-refractivity contribution in [1.82, 2.24) is 0 Å². The monoisotopic (exact) mass is 698 g/mol. The zero-order valence-electron chi connectivity index (χ0n) is 31.0. The Bertz CT molecular complexity index is 3080. The van der Waals surface area contributed by atoms with Crippen LogP contribution in [0.5, 0.6) is 0 Å². The van der Waals surface area contributed by atoms with Gasteiger partial charge in [0.1, 0.15) is 0 Å². The second-order valence-corrected chi connectivity index (χ2v) is 15.6. The third-order valence-corrected chi connectivity index (χ3v) is 12.3. The first-order chi connectivity index (χ1) is 27.1. The van der Waals surface area contributed by atoms with Gasteiger partial charge in [0.05, 0.1) is 0 Å². The molecule has 0 aliphatic heterocycles. The van der Waals surface area contributed by atoms with Crippen molar-refractivity contribution in [3.63, 3.8) is 0 Å². The third-order valence-electron chi connectivity index (χ3n) is 12.3. The predicted molar refractivity (Wildman–Crippen MR) is 236 cm³/mol. The molecular weight excluding hydrogens is 661 g/mol. The summed E-state index contributed by atoms with van der Waals surface area (Å²) in [6.07, 6.45) is 0. The predicted octanol–water partition coefficient (Wildman–Crippen LogP) is 15.3. The minimum Gasteiger partial charge on any atom is -0.0616 e. The average Bonchev–Trinajstić information content (AvgIpc) is 3.49. The van der Waals surface area contributed by atoms with Crippen LogP contribution in [0, 0.1) is 0 Å². The van der Waals surface area contributed by atoms with Crippen LogP contribution >= 0.6 is 0 Å². The molecule has 0 saturated heterocycles. The number of hydrogen-bond donors (Lipinski definition) is 0. The molecule has 258 valence electrons. The van der Waals surface area contributed by atoms with E-state index in [1.807, 2.05) is 0 Å². The standard InChI is InChI=1S/C55H38/c1-55(2)49-24-12-23-44(53(49)54-43-17-6-4-14-36(43)33-34-50(54)55)38-27-31-40(32-28-38)52-47-20-9-7-18-45(47)51(46-19-8-10-21-48(46)52)39-29-25-37(26-30-39)42-22-11-15-35-13-3-5-16-41(35)42/h3-34H,1-2H3. The molecule has 0 fully saturated rings. The maximum Gasteiger partial charge on any atom is 0.0159 e. The highest BCUT2D eigenvalue weighted by Crippen LogP contribution is 2.54. The summed E-state index contributed by atoms with van der Waals surface area (Å²) >= 11 is 0. The number of benzene rings is 10. The van der Waals surface area contributed by atoms with Crippen LogP contribution in [0.25, 0.3) is 98.7 Å². The van der Waals surface area contributed by atoms with Gasteiger partial charge in [-0.2, -0.15) is 0 Å². The minimum atomic E-state index is -0.0690. The minimum absolute atomic E-state index is 0.0690. The Morgan fingerprint density at radius 1 is 0.255 bits per heavy atom. The van der Waals surface area contributed by atoms with Crippen LogP contribution in [0.1, 0.15) is 25.0 Å². The van der Waals surface area contributed by atoms with Crippen LogP contribution in [0.3, 0.4) is 0 Å². The van der Waals surface area contributed by atoms with Crippen molar-refractivity contribution in [3.8, 4) is 55.6 Å². The molecule has 0 nitrogen and oxygen atoms in total. The highest BCUT2D eigenvalue weighted by atomic mass is 14.4. The molecule has 0 bridgehead atoms. The van der Waals surface area contributed by atoms with E-state index in [-0.39, 0.29) is 5.41 Å². The normalized spacial score (nSPS) is 13.1. The van der Waals surface area contributed by atoms with Crippen molar-refractivity contribution < 1.29 is 0 Å². The highest BCUT2D eigenvalue weighted by molar-refractivity contribution is 6.21. The Balaban J connectivity index is 1.05. The van der Waals surface area contributed by atoms with Gasteiger partial charge < -0.3 is 0 Å². The summed E-state index contributed by atoms with van der Waals surface area (Å²) in [5, 5.41) is 10.2. The van der Waals surface area contributed by atoms with Gasteiger partial charge in [0.15, 0.2) is 0 Å². The molecule has 0 spiro atoms. The molecule has 0 unspecified atom stereocenters. The van der Waals surface area contributed by atoms with Crippen LogP contribution < -0.4 is 0 Å². The molecular formula is C55H38. The maximum atomic E-state index is 2.37. The topological polar surface area (TPSA) is 0 Å². The molecule has 0 atom stereocenters. The number of rotatable bonds is 4. The molecule has 10 aromatic rings. The molecule has 55 heavy (non-hydrogen) atoms. The van der Waals surface area contributed by atoms with Crippen LogP contribution in [-0.2, 0) is 5.41 Å². The van der Waals surface area contributed by atoms with Crippen molar-refractivity contribution >= 4 is 43.1 Å². The van der Waals surface area contributed by atoms with Gasteiger partial charge in [0, 0.05) is 5.41 Å². The molecule has 11 rings (SSSR count). The van der Waals surface area contributed by atoms with Gasteiger partial charge in [-0.15, -0.1) is 0 Å². The highest BCUT2D eigenvalue weighted by Gasteiger charge is 2.37. The Morgan fingerprint density at radius 2 is 0.655 bits per heavy atom. The van der Waals surface area contributed by atoms with Gasteiger partial charge in [0.25, 0.3) is 0 Å². The zero-order chi connectivity index (χ0) is 36.7. The Morgan fingerprint density at radius 3 is 1.24 bits per heavy atom. The molecule has 0 heterocycles. The summed E-state index contributed by atoms with van der Waals surface area (Å²) in [5.74, 6) is 0. The molecule has 0 aromatic heterocycles. The lowest BCUT2D eigenvalue weighted by Gasteiger charge is -2.21. The fourth-order valence-corrected chi connectivity index (χ4v) is 9.65. The van der Waals surface area contributed by atoms with Gasteiger partial charge in [0.2, 0.25) is 0 Å². The molecule has 1 aliphatic carbocycles. The Kier molecular flexibility index (Phi) is 7.00. The number of hydrogen-bond acceptors (Lipinski definition) is 0. The average molecular weight is 699 g/mol. The maximum absolute atomic E-state index is 2.37. The molecule has 0 amide bonds. The molecule has 0 heteroatoms. The van der Waals surface area contributed by atoms with Crippen LogP contribution in [0.2, 0.25) is 0 Å². The van der Waals surface area contributed by atoms with Crippen LogP contribution in [-0.4, -0.2) is 0 Å². The van der Waals surface area contributed by atoms with Crippen LogP contribution in [0.4, 0.5) is 0 Å². The first kappa shape index (κ1) is 31.7. The Hall–Kier alpha value is -6.76. The van der Waals surface area contributed by atoms with Crippen molar-refractivity contribution in [2.75, 3.05) is 0 Å². The van der Waals surface area contributed by atoms with Gasteiger partial charge in [-0.25, -0.2) is 0 Å². The largest absolute Gasteiger partial charge is 0.0616 e. The summed E-state index contributed by atoms with van der Waals surface area (Å²) in [7, 11) is 0. The van der Waals surface area contributed by atoms with Crippen molar-refractivity contribution in [2.45, 2.75) is 19.3 Å². The van der Waals surface area contributed by atoms with E-state index in [0.29, 0.717) is 0 Å². The summed E-state index contributed by atoms with van der Waals surface area (Å²) in [4.78, 5) is 0. The molecule has 1 aliphatic rings. The van der Waals surface area contributed by atoms with E-state index in [1.165, 1.54) is 110 Å². The molecule has 0 radical (unpaired) electrons. The van der Waals surface area contributed by atoms with E-state index in [9.17, 15) is 0 Å². The lowest BCUT2D eigenvalue weighted by Crippen LogP contribution is -2.14. The van der Waals surface area contributed by atoms with E-state index >= 15 is 0 Å². The van der Waals surface area contributed by atoms with Gasteiger partial charge >= 0.3 is 0 Å². The van der Waals surface area contributed by atoms with E-state index in [2.05, 4.69) is 208 Å². The summed E-state index contributed by atoms with van der Waals surface area (Å²) in [6, 6.07) is 72.0.